The maximum atomic E-state index is 5.96. The fourth-order valence-electron chi connectivity index (χ4n) is 2.54. The van der Waals surface area contributed by atoms with Crippen LogP contribution in [0, 0.1) is 0 Å². The quantitative estimate of drug-likeness (QED) is 0.617. The Labute approximate surface area is 119 Å². The van der Waals surface area contributed by atoms with Crippen LogP contribution in [0.1, 0.15) is 65.7 Å². The maximum Gasteiger partial charge on any atom is 0.0940 e. The van der Waals surface area contributed by atoms with E-state index >= 15 is 0 Å². The van der Waals surface area contributed by atoms with E-state index in [9.17, 15) is 0 Å². The molecule has 1 atom stereocenters. The Kier molecular flexibility index (Phi) is 8.67. The first kappa shape index (κ1) is 16.9. The molecule has 1 N–H and O–H groups in total. The van der Waals surface area contributed by atoms with E-state index in [0.29, 0.717) is 0 Å². The van der Waals surface area contributed by atoms with Crippen LogP contribution < -0.4 is 5.32 Å². The van der Waals surface area contributed by atoms with Crippen LogP contribution in [-0.2, 0) is 9.47 Å². The molecule has 0 aromatic rings. The van der Waals surface area contributed by atoms with Crippen molar-refractivity contribution in [3.8, 4) is 0 Å². The highest BCUT2D eigenvalue weighted by molar-refractivity contribution is 4.81. The van der Waals surface area contributed by atoms with Gasteiger partial charge in [0.05, 0.1) is 18.3 Å². The van der Waals surface area contributed by atoms with E-state index in [-0.39, 0.29) is 11.7 Å². The van der Waals surface area contributed by atoms with E-state index in [1.165, 1.54) is 44.9 Å². The van der Waals surface area contributed by atoms with Gasteiger partial charge in [-0.15, -0.1) is 0 Å². The van der Waals surface area contributed by atoms with Gasteiger partial charge in [0.1, 0.15) is 0 Å². The number of hydrogen-bond acceptors (Lipinski definition) is 3. The molecule has 0 radical (unpaired) electrons. The second-order valence-corrected chi connectivity index (χ2v) is 6.33. The van der Waals surface area contributed by atoms with Gasteiger partial charge in [-0.25, -0.2) is 0 Å². The smallest absolute Gasteiger partial charge is 0.0940 e. The highest BCUT2D eigenvalue weighted by atomic mass is 16.5. The summed E-state index contributed by atoms with van der Waals surface area (Å²) < 4.78 is 11.7. The molecule has 114 valence electrons. The molecule has 1 fully saturated rings. The minimum Gasteiger partial charge on any atom is -0.379 e. The fourth-order valence-corrected chi connectivity index (χ4v) is 2.54. The maximum absolute atomic E-state index is 5.96. The van der Waals surface area contributed by atoms with Crippen molar-refractivity contribution in [2.24, 2.45) is 0 Å². The zero-order chi connectivity index (χ0) is 14.0. The number of rotatable bonds is 10. The van der Waals surface area contributed by atoms with Crippen molar-refractivity contribution >= 4 is 0 Å². The van der Waals surface area contributed by atoms with Crippen molar-refractivity contribution in [2.45, 2.75) is 77.4 Å². The van der Waals surface area contributed by atoms with Crippen LogP contribution in [0.5, 0.6) is 0 Å². The Morgan fingerprint density at radius 3 is 2.47 bits per heavy atom. The molecule has 0 aromatic heterocycles. The van der Waals surface area contributed by atoms with Crippen molar-refractivity contribution < 1.29 is 9.47 Å². The van der Waals surface area contributed by atoms with Crippen LogP contribution in [0.25, 0.3) is 0 Å². The lowest BCUT2D eigenvalue weighted by Gasteiger charge is -2.36. The van der Waals surface area contributed by atoms with Crippen molar-refractivity contribution in [3.05, 3.63) is 0 Å². The lowest BCUT2D eigenvalue weighted by molar-refractivity contribution is -0.120. The third kappa shape index (κ3) is 8.61. The fraction of sp³-hybridized carbons (Fsp3) is 1.00. The van der Waals surface area contributed by atoms with Gasteiger partial charge in [0.15, 0.2) is 0 Å². The molecular formula is C16H33NO2. The first-order chi connectivity index (χ1) is 9.14. The third-order valence-corrected chi connectivity index (χ3v) is 3.60. The van der Waals surface area contributed by atoms with Gasteiger partial charge in [0.25, 0.3) is 0 Å². The van der Waals surface area contributed by atoms with Crippen LogP contribution in [0.3, 0.4) is 0 Å². The molecule has 3 nitrogen and oxygen atoms in total. The number of unbranched alkanes of at least 4 members (excludes halogenated alkanes) is 6. The molecule has 0 saturated carbocycles. The Balaban J connectivity index is 1.88. The van der Waals surface area contributed by atoms with E-state index < -0.39 is 0 Å². The lowest BCUT2D eigenvalue weighted by atomic mass is 10.1. The predicted molar refractivity (Wildman–Crippen MR) is 80.6 cm³/mol. The summed E-state index contributed by atoms with van der Waals surface area (Å²) in [4.78, 5) is 0. The Morgan fingerprint density at radius 2 is 1.79 bits per heavy atom. The van der Waals surface area contributed by atoms with E-state index in [0.717, 1.165) is 26.3 Å². The summed E-state index contributed by atoms with van der Waals surface area (Å²) in [7, 11) is 0. The van der Waals surface area contributed by atoms with Crippen LogP contribution in [0.4, 0.5) is 0 Å². The molecule has 1 aliphatic rings. The summed E-state index contributed by atoms with van der Waals surface area (Å²) in [6.07, 6.45) is 9.57. The highest BCUT2D eigenvalue weighted by Gasteiger charge is 2.28. The molecule has 1 unspecified atom stereocenters. The first-order valence-corrected chi connectivity index (χ1v) is 8.10. The number of hydrogen-bond donors (Lipinski definition) is 1. The van der Waals surface area contributed by atoms with Crippen molar-refractivity contribution in [3.63, 3.8) is 0 Å². The van der Waals surface area contributed by atoms with Gasteiger partial charge in [-0.3, -0.25) is 0 Å². The number of morpholine rings is 1. The van der Waals surface area contributed by atoms with Crippen LogP contribution in [-0.4, -0.2) is 38.0 Å². The monoisotopic (exact) mass is 271 g/mol. The van der Waals surface area contributed by atoms with Gasteiger partial charge < -0.3 is 14.8 Å². The summed E-state index contributed by atoms with van der Waals surface area (Å²) in [5.74, 6) is 0. The van der Waals surface area contributed by atoms with Gasteiger partial charge in [-0.2, -0.15) is 0 Å². The van der Waals surface area contributed by atoms with Gasteiger partial charge in [0, 0.05) is 19.7 Å². The second-order valence-electron chi connectivity index (χ2n) is 6.33. The molecule has 3 heteroatoms. The summed E-state index contributed by atoms with van der Waals surface area (Å²) in [6.45, 7) is 9.98. The second kappa shape index (κ2) is 9.73. The lowest BCUT2D eigenvalue weighted by Crippen LogP contribution is -2.51. The topological polar surface area (TPSA) is 30.5 Å². The Morgan fingerprint density at radius 1 is 1.11 bits per heavy atom. The van der Waals surface area contributed by atoms with Gasteiger partial charge >= 0.3 is 0 Å². The van der Waals surface area contributed by atoms with Crippen LogP contribution in [0.2, 0.25) is 0 Å². The molecule has 1 aliphatic heterocycles. The molecule has 0 bridgehead atoms. The SMILES string of the molecule is CCCCCCCCCOCC1CNCC(C)(C)O1. The molecule has 1 heterocycles. The molecular weight excluding hydrogens is 238 g/mol. The van der Waals surface area contributed by atoms with Crippen LogP contribution >= 0.6 is 0 Å². The van der Waals surface area contributed by atoms with Crippen LogP contribution in [0.15, 0.2) is 0 Å². The molecule has 0 aliphatic carbocycles. The standard InChI is InChI=1S/C16H33NO2/c1-4-5-6-7-8-9-10-11-18-13-15-12-17-14-16(2,3)19-15/h15,17H,4-14H2,1-3H3. The van der Waals surface area contributed by atoms with Crippen molar-refractivity contribution in [2.75, 3.05) is 26.3 Å². The van der Waals surface area contributed by atoms with E-state index in [4.69, 9.17) is 9.47 Å². The van der Waals surface area contributed by atoms with Gasteiger partial charge in [0.2, 0.25) is 0 Å². The minimum atomic E-state index is -0.0500. The largest absolute Gasteiger partial charge is 0.379 e. The first-order valence-electron chi connectivity index (χ1n) is 8.10. The predicted octanol–water partition coefficient (Wildman–Crippen LogP) is 3.52. The Bertz CT molecular complexity index is 219. The molecule has 0 spiro atoms. The minimum absolute atomic E-state index is 0.0500. The zero-order valence-corrected chi connectivity index (χ0v) is 13.2. The summed E-state index contributed by atoms with van der Waals surface area (Å²) in [6, 6.07) is 0. The van der Waals surface area contributed by atoms with E-state index in [1.807, 2.05) is 0 Å². The van der Waals surface area contributed by atoms with Gasteiger partial charge in [-0.1, -0.05) is 45.4 Å². The molecule has 1 saturated heterocycles. The normalized spacial score (nSPS) is 22.6. The van der Waals surface area contributed by atoms with Crippen molar-refractivity contribution in [1.82, 2.24) is 5.32 Å². The average Bonchev–Trinajstić information content (AvgIpc) is 2.36. The summed E-state index contributed by atoms with van der Waals surface area (Å²) >= 11 is 0. The van der Waals surface area contributed by atoms with Gasteiger partial charge in [-0.05, 0) is 20.3 Å². The molecule has 19 heavy (non-hydrogen) atoms. The highest BCUT2D eigenvalue weighted by Crippen LogP contribution is 2.15. The van der Waals surface area contributed by atoms with Crippen molar-refractivity contribution in [1.29, 1.82) is 0 Å². The summed E-state index contributed by atoms with van der Waals surface area (Å²) in [5, 5.41) is 3.40. The average molecular weight is 271 g/mol. The van der Waals surface area contributed by atoms with E-state index in [1.54, 1.807) is 0 Å². The Hall–Kier alpha value is -0.120. The number of ether oxygens (including phenoxy) is 2. The summed E-state index contributed by atoms with van der Waals surface area (Å²) in [5.41, 5.74) is -0.0500. The van der Waals surface area contributed by atoms with E-state index in [2.05, 4.69) is 26.1 Å². The molecule has 1 rings (SSSR count). The molecule has 0 aromatic carbocycles. The third-order valence-electron chi connectivity index (χ3n) is 3.60. The molecule has 0 amide bonds. The number of nitrogens with one attached hydrogen (secondary N) is 1. The zero-order valence-electron chi connectivity index (χ0n) is 13.2.